The molecule has 0 unspecified atom stereocenters. The van der Waals surface area contributed by atoms with Gasteiger partial charge in [-0.25, -0.2) is 4.39 Å². The number of amides is 1. The van der Waals surface area contributed by atoms with E-state index in [0.717, 1.165) is 6.20 Å². The molecule has 1 aliphatic rings. The van der Waals surface area contributed by atoms with Crippen molar-refractivity contribution < 1.29 is 14.0 Å². The highest BCUT2D eigenvalue weighted by Crippen LogP contribution is 2.18. The Hall–Kier alpha value is -1.78. The quantitative estimate of drug-likeness (QED) is 0.612. The van der Waals surface area contributed by atoms with Gasteiger partial charge in [-0.05, 0) is 0 Å². The van der Waals surface area contributed by atoms with Crippen molar-refractivity contribution in [1.82, 2.24) is 4.98 Å². The number of nitrogens with zero attached hydrogens (tertiary/aromatic N) is 2. The van der Waals surface area contributed by atoms with Crippen LogP contribution < -0.4 is 4.90 Å². The molecular weight excluding hydrogens is 187 g/mol. The normalized spacial score (nSPS) is 16.5. The van der Waals surface area contributed by atoms with E-state index < -0.39 is 17.5 Å². The minimum Gasteiger partial charge on any atom is -0.304 e. The highest BCUT2D eigenvalue weighted by Gasteiger charge is 2.30. The average molecular weight is 194 g/mol. The third kappa shape index (κ3) is 1.37. The number of carbonyl (C=O) groups is 2. The van der Waals surface area contributed by atoms with Crippen LogP contribution in [0.15, 0.2) is 18.5 Å². The summed E-state index contributed by atoms with van der Waals surface area (Å²) in [6.07, 6.45) is 2.60. The third-order valence-corrected chi connectivity index (χ3v) is 2.05. The van der Waals surface area contributed by atoms with E-state index in [9.17, 15) is 14.0 Å². The van der Waals surface area contributed by atoms with Crippen molar-refractivity contribution in [3.05, 3.63) is 24.3 Å². The second-order valence-electron chi connectivity index (χ2n) is 2.99. The SMILES string of the molecule is O=C1CCN(c2cncc(F)c2)C1=O. The molecule has 0 spiro atoms. The fraction of sp³-hybridized carbons (Fsp3) is 0.222. The number of aromatic nitrogens is 1. The number of halogens is 1. The van der Waals surface area contributed by atoms with E-state index in [1.807, 2.05) is 0 Å². The monoisotopic (exact) mass is 194 g/mol. The lowest BCUT2D eigenvalue weighted by atomic mass is 10.3. The maximum absolute atomic E-state index is 12.8. The summed E-state index contributed by atoms with van der Waals surface area (Å²) in [5, 5.41) is 0. The van der Waals surface area contributed by atoms with Crippen molar-refractivity contribution in [2.75, 3.05) is 11.4 Å². The molecule has 1 saturated heterocycles. The second kappa shape index (κ2) is 3.17. The largest absolute Gasteiger partial charge is 0.304 e. The average Bonchev–Trinajstić information content (AvgIpc) is 2.48. The van der Waals surface area contributed by atoms with E-state index in [1.54, 1.807) is 0 Å². The van der Waals surface area contributed by atoms with E-state index in [2.05, 4.69) is 4.98 Å². The highest BCUT2D eigenvalue weighted by molar-refractivity contribution is 6.43. The predicted octanol–water partition coefficient (Wildman–Crippen LogP) is 0.527. The molecule has 2 rings (SSSR count). The lowest BCUT2D eigenvalue weighted by Crippen LogP contribution is -2.27. The molecule has 14 heavy (non-hydrogen) atoms. The molecule has 1 amide bonds. The van der Waals surface area contributed by atoms with Gasteiger partial charge in [-0.3, -0.25) is 14.6 Å². The number of Topliss-reactive ketones (excluding diaryl/α,β-unsaturated/α-hetero) is 1. The third-order valence-electron chi connectivity index (χ3n) is 2.05. The van der Waals surface area contributed by atoms with Crippen LogP contribution in [0.3, 0.4) is 0 Å². The molecule has 2 heterocycles. The smallest absolute Gasteiger partial charge is 0.294 e. The molecule has 0 aromatic carbocycles. The molecule has 0 bridgehead atoms. The van der Waals surface area contributed by atoms with Gasteiger partial charge in [-0.2, -0.15) is 0 Å². The van der Waals surface area contributed by atoms with E-state index in [1.165, 1.54) is 17.2 Å². The minimum atomic E-state index is -0.586. The van der Waals surface area contributed by atoms with Gasteiger partial charge in [0.05, 0.1) is 18.1 Å². The van der Waals surface area contributed by atoms with Gasteiger partial charge in [0.2, 0.25) is 5.78 Å². The summed E-state index contributed by atoms with van der Waals surface area (Å²) in [7, 11) is 0. The van der Waals surface area contributed by atoms with Gasteiger partial charge in [-0.15, -0.1) is 0 Å². The van der Waals surface area contributed by atoms with Crippen LogP contribution in [-0.2, 0) is 9.59 Å². The van der Waals surface area contributed by atoms with Crippen molar-refractivity contribution in [2.45, 2.75) is 6.42 Å². The van der Waals surface area contributed by atoms with Crippen LogP contribution in [0.2, 0.25) is 0 Å². The van der Waals surface area contributed by atoms with Crippen LogP contribution >= 0.6 is 0 Å². The molecule has 0 radical (unpaired) electrons. The van der Waals surface area contributed by atoms with Gasteiger partial charge in [0.25, 0.3) is 5.91 Å². The number of ketones is 1. The van der Waals surface area contributed by atoms with Crippen LogP contribution in [-0.4, -0.2) is 23.2 Å². The lowest BCUT2D eigenvalue weighted by Gasteiger charge is -2.13. The number of rotatable bonds is 1. The first-order valence-electron chi connectivity index (χ1n) is 4.14. The zero-order chi connectivity index (χ0) is 10.1. The van der Waals surface area contributed by atoms with Crippen molar-refractivity contribution in [3.63, 3.8) is 0 Å². The Bertz CT molecular complexity index is 406. The molecule has 0 saturated carbocycles. The van der Waals surface area contributed by atoms with Gasteiger partial charge < -0.3 is 4.90 Å². The standard InChI is InChI=1S/C9H7FN2O2/c10-6-3-7(5-11-4-6)12-2-1-8(13)9(12)14/h3-5H,1-2H2. The molecule has 1 fully saturated rings. The Balaban J connectivity index is 2.32. The predicted molar refractivity (Wildman–Crippen MR) is 46.2 cm³/mol. The first kappa shape index (κ1) is 8.80. The molecule has 0 atom stereocenters. The van der Waals surface area contributed by atoms with Crippen molar-refractivity contribution in [2.24, 2.45) is 0 Å². The zero-order valence-corrected chi connectivity index (χ0v) is 7.24. The minimum absolute atomic E-state index is 0.190. The number of anilines is 1. The van der Waals surface area contributed by atoms with E-state index in [-0.39, 0.29) is 6.42 Å². The summed E-state index contributed by atoms with van der Waals surface area (Å²) < 4.78 is 12.8. The number of pyridine rings is 1. The summed E-state index contributed by atoms with van der Waals surface area (Å²) in [5.74, 6) is -1.54. The van der Waals surface area contributed by atoms with Crippen LogP contribution in [0.25, 0.3) is 0 Å². The van der Waals surface area contributed by atoms with Gasteiger partial charge in [0.1, 0.15) is 5.82 Å². The first-order valence-corrected chi connectivity index (χ1v) is 4.14. The maximum atomic E-state index is 12.8. The lowest BCUT2D eigenvalue weighted by molar-refractivity contribution is -0.133. The van der Waals surface area contributed by atoms with E-state index >= 15 is 0 Å². The van der Waals surface area contributed by atoms with E-state index in [0.29, 0.717) is 12.2 Å². The second-order valence-corrected chi connectivity index (χ2v) is 2.99. The summed E-state index contributed by atoms with van der Waals surface area (Å²) in [4.78, 5) is 27.0. The summed E-state index contributed by atoms with van der Waals surface area (Å²) >= 11 is 0. The fourth-order valence-electron chi connectivity index (χ4n) is 1.37. The van der Waals surface area contributed by atoms with Gasteiger partial charge in [0.15, 0.2) is 0 Å². The molecule has 1 aromatic rings. The van der Waals surface area contributed by atoms with Gasteiger partial charge >= 0.3 is 0 Å². The van der Waals surface area contributed by atoms with Crippen molar-refractivity contribution >= 4 is 17.4 Å². The van der Waals surface area contributed by atoms with Gasteiger partial charge in [0, 0.05) is 19.0 Å². The maximum Gasteiger partial charge on any atom is 0.294 e. The Morgan fingerprint density at radius 3 is 2.71 bits per heavy atom. The number of hydrogen-bond acceptors (Lipinski definition) is 3. The molecule has 5 heteroatoms. The van der Waals surface area contributed by atoms with Crippen LogP contribution in [0, 0.1) is 5.82 Å². The molecule has 0 aliphatic carbocycles. The highest BCUT2D eigenvalue weighted by atomic mass is 19.1. The van der Waals surface area contributed by atoms with E-state index in [4.69, 9.17) is 0 Å². The Labute approximate surface area is 79.4 Å². The fourth-order valence-corrected chi connectivity index (χ4v) is 1.37. The summed E-state index contributed by atoms with van der Waals surface area (Å²) in [6, 6.07) is 1.18. The molecule has 4 nitrogen and oxygen atoms in total. The number of hydrogen-bond donors (Lipinski definition) is 0. The van der Waals surface area contributed by atoms with Crippen LogP contribution in [0.4, 0.5) is 10.1 Å². The molecular formula is C9H7FN2O2. The number of carbonyl (C=O) groups excluding carboxylic acids is 2. The van der Waals surface area contributed by atoms with Crippen molar-refractivity contribution in [3.8, 4) is 0 Å². The first-order chi connectivity index (χ1) is 6.68. The van der Waals surface area contributed by atoms with Crippen LogP contribution in [0.1, 0.15) is 6.42 Å². The molecule has 0 N–H and O–H groups in total. The molecule has 1 aromatic heterocycles. The topological polar surface area (TPSA) is 50.3 Å². The Morgan fingerprint density at radius 1 is 1.36 bits per heavy atom. The molecule has 72 valence electrons. The Kier molecular flexibility index (Phi) is 1.99. The zero-order valence-electron chi connectivity index (χ0n) is 7.24. The van der Waals surface area contributed by atoms with Crippen LogP contribution in [0.5, 0.6) is 0 Å². The van der Waals surface area contributed by atoms with Crippen molar-refractivity contribution in [1.29, 1.82) is 0 Å². The van der Waals surface area contributed by atoms with Gasteiger partial charge in [-0.1, -0.05) is 0 Å². The Morgan fingerprint density at radius 2 is 2.14 bits per heavy atom. The summed E-state index contributed by atoms with van der Waals surface area (Å²) in [5.41, 5.74) is 0.334. The molecule has 1 aliphatic heterocycles. The summed E-state index contributed by atoms with van der Waals surface area (Å²) in [6.45, 7) is 0.308.